The molecule has 4 rings (SSSR count). The van der Waals surface area contributed by atoms with Gasteiger partial charge in [0.15, 0.2) is 0 Å². The molecule has 2 aliphatic rings. The number of hydrogen-bond donors (Lipinski definition) is 3. The third-order valence-corrected chi connectivity index (χ3v) is 4.57. The normalized spacial score (nSPS) is 15.6. The second-order valence-electron chi connectivity index (χ2n) is 7.01. The van der Waals surface area contributed by atoms with E-state index in [0.29, 0.717) is 23.4 Å². The summed E-state index contributed by atoms with van der Waals surface area (Å²) in [6.45, 7) is 2.25. The lowest BCUT2D eigenvalue weighted by atomic mass is 10.2. The van der Waals surface area contributed by atoms with Crippen molar-refractivity contribution in [1.29, 1.82) is 0 Å². The summed E-state index contributed by atoms with van der Waals surface area (Å²) in [4.78, 5) is 22.6. The number of amides is 1. The predicted molar refractivity (Wildman–Crippen MR) is 111 cm³/mol. The topological polar surface area (TPSA) is 105 Å². The van der Waals surface area contributed by atoms with E-state index in [9.17, 15) is 4.79 Å². The van der Waals surface area contributed by atoms with Gasteiger partial charge in [0.25, 0.3) is 5.91 Å². The number of carbonyl (C=O) groups is 1. The van der Waals surface area contributed by atoms with E-state index in [2.05, 4.69) is 42.4 Å². The minimum Gasteiger partial charge on any atom is -0.388 e. The van der Waals surface area contributed by atoms with Crippen molar-refractivity contribution in [3.8, 4) is 0 Å². The molecule has 4 N–H and O–H groups in total. The molecule has 1 aliphatic heterocycles. The number of methoxy groups -OCH3 is 1. The molecule has 0 bridgehead atoms. The highest BCUT2D eigenvalue weighted by Gasteiger charge is 2.24. The predicted octanol–water partition coefficient (Wildman–Crippen LogP) is 2.76. The number of anilines is 4. The van der Waals surface area contributed by atoms with Crippen LogP contribution in [-0.2, 0) is 4.74 Å². The fraction of sp³-hybridized carbons (Fsp3) is 0.450. The van der Waals surface area contributed by atoms with Gasteiger partial charge in [0.1, 0.15) is 5.82 Å². The van der Waals surface area contributed by atoms with E-state index in [1.807, 2.05) is 12.1 Å². The standard InChI is InChI=1S/C18H22N6O.C2H6O/c19-16(25)15-11-20-18(23-17(15)21-12-3-4-12)22-13-5-7-14(8-6-13)24-9-1-2-10-24;1-3-2/h5-8,11-12H,1-4,9-10H2,(H2,19,25)(H2,20,21,22,23);1-2H3. The molecule has 0 radical (unpaired) electrons. The molecular weight excluding hydrogens is 356 g/mol. The van der Waals surface area contributed by atoms with Crippen LogP contribution in [0.4, 0.5) is 23.1 Å². The van der Waals surface area contributed by atoms with Crippen LogP contribution >= 0.6 is 0 Å². The Hall–Kier alpha value is -2.87. The van der Waals surface area contributed by atoms with Crippen LogP contribution < -0.4 is 21.3 Å². The molecule has 2 fully saturated rings. The number of hydrogen-bond acceptors (Lipinski definition) is 7. The van der Waals surface area contributed by atoms with Crippen molar-refractivity contribution in [2.24, 2.45) is 5.73 Å². The number of rotatable bonds is 6. The van der Waals surface area contributed by atoms with Gasteiger partial charge in [-0.1, -0.05) is 0 Å². The van der Waals surface area contributed by atoms with Gasteiger partial charge >= 0.3 is 0 Å². The average Bonchev–Trinajstić information content (AvgIpc) is 3.32. The number of primary amides is 1. The summed E-state index contributed by atoms with van der Waals surface area (Å²) in [5, 5.41) is 6.43. The number of nitrogens with one attached hydrogen (secondary N) is 2. The van der Waals surface area contributed by atoms with Crippen LogP contribution in [0, 0.1) is 0 Å². The molecule has 0 spiro atoms. The number of nitrogens with two attached hydrogens (primary N) is 1. The molecule has 2 heterocycles. The molecule has 1 saturated heterocycles. The Labute approximate surface area is 165 Å². The van der Waals surface area contributed by atoms with Gasteiger partial charge in [-0.15, -0.1) is 0 Å². The highest BCUT2D eigenvalue weighted by molar-refractivity contribution is 5.97. The lowest BCUT2D eigenvalue weighted by molar-refractivity contribution is 0.100. The van der Waals surface area contributed by atoms with E-state index in [0.717, 1.165) is 31.6 Å². The third kappa shape index (κ3) is 5.32. The largest absolute Gasteiger partial charge is 0.388 e. The summed E-state index contributed by atoms with van der Waals surface area (Å²) in [6.07, 6.45) is 6.17. The molecule has 8 nitrogen and oxygen atoms in total. The Morgan fingerprint density at radius 1 is 1.18 bits per heavy atom. The van der Waals surface area contributed by atoms with Crippen LogP contribution in [0.2, 0.25) is 0 Å². The molecule has 0 unspecified atom stereocenters. The minimum absolute atomic E-state index is 0.321. The zero-order valence-electron chi connectivity index (χ0n) is 16.4. The summed E-state index contributed by atoms with van der Waals surface area (Å²) < 4.78 is 4.25. The zero-order valence-corrected chi connectivity index (χ0v) is 16.4. The summed E-state index contributed by atoms with van der Waals surface area (Å²) in [5.74, 6) is 0.424. The van der Waals surface area contributed by atoms with E-state index < -0.39 is 5.91 Å². The second kappa shape index (κ2) is 9.36. The van der Waals surface area contributed by atoms with Gasteiger partial charge in [0.05, 0.1) is 5.56 Å². The third-order valence-electron chi connectivity index (χ3n) is 4.57. The maximum Gasteiger partial charge on any atom is 0.254 e. The fourth-order valence-corrected chi connectivity index (χ4v) is 3.01. The van der Waals surface area contributed by atoms with Crippen LogP contribution in [0.5, 0.6) is 0 Å². The van der Waals surface area contributed by atoms with E-state index in [1.165, 1.54) is 24.7 Å². The van der Waals surface area contributed by atoms with Crippen LogP contribution in [-0.4, -0.2) is 49.2 Å². The van der Waals surface area contributed by atoms with Gasteiger partial charge in [-0.25, -0.2) is 4.98 Å². The summed E-state index contributed by atoms with van der Waals surface area (Å²) >= 11 is 0. The fourth-order valence-electron chi connectivity index (χ4n) is 3.01. The van der Waals surface area contributed by atoms with Crippen molar-refractivity contribution < 1.29 is 9.53 Å². The number of nitrogens with zero attached hydrogens (tertiary/aromatic N) is 3. The Kier molecular flexibility index (Phi) is 6.65. The van der Waals surface area contributed by atoms with Crippen LogP contribution in [0.1, 0.15) is 36.0 Å². The van der Waals surface area contributed by atoms with E-state index >= 15 is 0 Å². The van der Waals surface area contributed by atoms with Gasteiger partial charge in [-0.3, -0.25) is 4.79 Å². The van der Waals surface area contributed by atoms with Crippen molar-refractivity contribution in [3.63, 3.8) is 0 Å². The Balaban J connectivity index is 0.000000706. The molecule has 1 amide bonds. The Bertz CT molecular complexity index is 786. The number of benzene rings is 1. The summed E-state index contributed by atoms with van der Waals surface area (Å²) in [5.41, 5.74) is 7.88. The van der Waals surface area contributed by atoms with E-state index in [4.69, 9.17) is 5.73 Å². The van der Waals surface area contributed by atoms with Gasteiger partial charge in [0.2, 0.25) is 5.95 Å². The van der Waals surface area contributed by atoms with Gasteiger partial charge in [-0.05, 0) is 49.9 Å². The lowest BCUT2D eigenvalue weighted by Crippen LogP contribution is -2.18. The van der Waals surface area contributed by atoms with Gasteiger partial charge in [0, 0.05) is 50.9 Å². The van der Waals surface area contributed by atoms with Crippen LogP contribution in [0.15, 0.2) is 30.5 Å². The van der Waals surface area contributed by atoms with Gasteiger partial charge < -0.3 is 26.0 Å². The summed E-state index contributed by atoms with van der Waals surface area (Å²) in [6, 6.07) is 8.63. The van der Waals surface area contributed by atoms with Crippen LogP contribution in [0.25, 0.3) is 0 Å². The molecule has 8 heteroatoms. The molecule has 1 aliphatic carbocycles. The van der Waals surface area contributed by atoms with Crippen molar-refractivity contribution in [2.45, 2.75) is 31.7 Å². The monoisotopic (exact) mass is 384 g/mol. The SMILES string of the molecule is COC.NC(=O)c1cnc(Nc2ccc(N3CCCC3)cc2)nc1NC1CC1. The Morgan fingerprint density at radius 2 is 1.82 bits per heavy atom. The quantitative estimate of drug-likeness (QED) is 0.703. The lowest BCUT2D eigenvalue weighted by Gasteiger charge is -2.18. The Morgan fingerprint density at radius 3 is 2.39 bits per heavy atom. The first-order valence-electron chi connectivity index (χ1n) is 9.56. The smallest absolute Gasteiger partial charge is 0.254 e. The molecule has 150 valence electrons. The number of aromatic nitrogens is 2. The highest BCUT2D eigenvalue weighted by Crippen LogP contribution is 2.27. The second-order valence-corrected chi connectivity index (χ2v) is 7.01. The van der Waals surface area contributed by atoms with Crippen molar-refractivity contribution in [3.05, 3.63) is 36.0 Å². The first kappa shape index (κ1) is 19.9. The van der Waals surface area contributed by atoms with E-state index in [-0.39, 0.29) is 0 Å². The average molecular weight is 384 g/mol. The molecule has 1 saturated carbocycles. The van der Waals surface area contributed by atoms with Crippen molar-refractivity contribution in [1.82, 2.24) is 9.97 Å². The van der Waals surface area contributed by atoms with Crippen molar-refractivity contribution in [2.75, 3.05) is 42.8 Å². The maximum absolute atomic E-state index is 11.5. The minimum atomic E-state index is -0.523. The number of ether oxygens (including phenoxy) is 1. The molecule has 0 atom stereocenters. The number of carbonyl (C=O) groups excluding carboxylic acids is 1. The highest BCUT2D eigenvalue weighted by atomic mass is 16.4. The van der Waals surface area contributed by atoms with Crippen LogP contribution in [0.3, 0.4) is 0 Å². The first-order chi connectivity index (χ1) is 13.6. The summed E-state index contributed by atoms with van der Waals surface area (Å²) in [7, 11) is 3.25. The maximum atomic E-state index is 11.5. The molecular formula is C20H28N6O2. The molecule has 1 aromatic carbocycles. The van der Waals surface area contributed by atoms with E-state index in [1.54, 1.807) is 14.2 Å². The molecule has 28 heavy (non-hydrogen) atoms. The first-order valence-corrected chi connectivity index (χ1v) is 9.56. The van der Waals surface area contributed by atoms with Crippen molar-refractivity contribution >= 4 is 29.0 Å². The molecule has 1 aromatic heterocycles. The van der Waals surface area contributed by atoms with Gasteiger partial charge in [-0.2, -0.15) is 4.98 Å². The zero-order chi connectivity index (χ0) is 19.9. The molecule has 2 aromatic rings.